The van der Waals surface area contributed by atoms with Gasteiger partial charge in [0.25, 0.3) is 0 Å². The molecule has 0 aliphatic rings. The maximum Gasteiger partial charge on any atom is 0.152 e. The molecule has 0 fully saturated rings. The Morgan fingerprint density at radius 1 is 1.53 bits per heavy atom. The maximum absolute atomic E-state index is 5.65. The first-order valence-electron chi connectivity index (χ1n) is 4.80. The van der Waals surface area contributed by atoms with E-state index in [0.29, 0.717) is 11.6 Å². The highest BCUT2D eigenvalue weighted by molar-refractivity contribution is 6.16. The van der Waals surface area contributed by atoms with E-state index in [1.165, 1.54) is 0 Å². The van der Waals surface area contributed by atoms with E-state index in [4.69, 9.17) is 16.1 Å². The van der Waals surface area contributed by atoms with Gasteiger partial charge < -0.3 is 4.52 Å². The summed E-state index contributed by atoms with van der Waals surface area (Å²) in [5, 5.41) is 8.20. The van der Waals surface area contributed by atoms with Crippen molar-refractivity contribution >= 4 is 11.6 Å². The fourth-order valence-corrected chi connectivity index (χ4v) is 1.65. The van der Waals surface area contributed by atoms with E-state index in [1.54, 1.807) is 6.20 Å². The van der Waals surface area contributed by atoms with Crippen LogP contribution in [0.1, 0.15) is 18.4 Å². The number of nitrogens with zero attached hydrogens (tertiary/aromatic N) is 3. The summed E-state index contributed by atoms with van der Waals surface area (Å²) >= 11 is 5.65. The number of hydrogen-bond donors (Lipinski definition) is 0. The number of aromatic nitrogens is 3. The lowest BCUT2D eigenvalue weighted by Gasteiger charge is -1.98. The molecule has 0 saturated carbocycles. The molecule has 0 spiro atoms. The molecule has 0 aromatic carbocycles. The SMILES string of the molecule is CCn1ncc(-c2cc(CCl)on2)c1C. The van der Waals surface area contributed by atoms with Gasteiger partial charge in [-0.2, -0.15) is 5.10 Å². The van der Waals surface area contributed by atoms with Crippen molar-refractivity contribution in [3.8, 4) is 11.3 Å². The van der Waals surface area contributed by atoms with Gasteiger partial charge in [-0.25, -0.2) is 0 Å². The highest BCUT2D eigenvalue weighted by atomic mass is 35.5. The number of alkyl halides is 1. The standard InChI is InChI=1S/C10H12ClN3O/c1-3-14-7(2)9(6-12-14)10-4-8(5-11)15-13-10/h4,6H,3,5H2,1-2H3. The van der Waals surface area contributed by atoms with E-state index in [9.17, 15) is 0 Å². The largest absolute Gasteiger partial charge is 0.359 e. The highest BCUT2D eigenvalue weighted by Crippen LogP contribution is 2.23. The Kier molecular flexibility index (Phi) is 2.77. The van der Waals surface area contributed by atoms with E-state index >= 15 is 0 Å². The molecule has 2 rings (SSSR count). The van der Waals surface area contributed by atoms with Crippen molar-refractivity contribution in [2.75, 3.05) is 0 Å². The summed E-state index contributed by atoms with van der Waals surface area (Å²) in [6, 6.07) is 1.84. The Morgan fingerprint density at radius 2 is 2.33 bits per heavy atom. The summed E-state index contributed by atoms with van der Waals surface area (Å²) in [6.07, 6.45) is 1.80. The molecule has 5 heteroatoms. The molecule has 15 heavy (non-hydrogen) atoms. The Morgan fingerprint density at radius 3 is 2.87 bits per heavy atom. The van der Waals surface area contributed by atoms with Gasteiger partial charge in [-0.1, -0.05) is 5.16 Å². The number of hydrogen-bond acceptors (Lipinski definition) is 3. The van der Waals surface area contributed by atoms with E-state index in [2.05, 4.69) is 17.2 Å². The maximum atomic E-state index is 5.65. The van der Waals surface area contributed by atoms with Gasteiger partial charge in [-0.15, -0.1) is 11.6 Å². The minimum atomic E-state index is 0.341. The zero-order valence-electron chi connectivity index (χ0n) is 8.70. The Labute approximate surface area is 92.8 Å². The second-order valence-corrected chi connectivity index (χ2v) is 3.54. The van der Waals surface area contributed by atoms with Crippen LogP contribution in [0.25, 0.3) is 11.3 Å². The van der Waals surface area contributed by atoms with Gasteiger partial charge in [-0.3, -0.25) is 4.68 Å². The van der Waals surface area contributed by atoms with Crippen LogP contribution in [0.5, 0.6) is 0 Å². The average Bonchev–Trinajstić information content (AvgIpc) is 2.83. The Bertz CT molecular complexity index is 461. The van der Waals surface area contributed by atoms with Crippen LogP contribution in [0.15, 0.2) is 16.8 Å². The lowest BCUT2D eigenvalue weighted by atomic mass is 10.2. The van der Waals surface area contributed by atoms with Crippen LogP contribution in [-0.2, 0) is 12.4 Å². The first-order valence-corrected chi connectivity index (χ1v) is 5.34. The molecular formula is C10H12ClN3O. The van der Waals surface area contributed by atoms with Gasteiger partial charge in [0, 0.05) is 23.9 Å². The van der Waals surface area contributed by atoms with Gasteiger partial charge in [0.2, 0.25) is 0 Å². The molecule has 4 nitrogen and oxygen atoms in total. The van der Waals surface area contributed by atoms with Gasteiger partial charge >= 0.3 is 0 Å². The van der Waals surface area contributed by atoms with Crippen molar-refractivity contribution < 1.29 is 4.52 Å². The second kappa shape index (κ2) is 4.06. The molecule has 0 saturated heterocycles. The van der Waals surface area contributed by atoms with Crippen molar-refractivity contribution in [3.63, 3.8) is 0 Å². The third-order valence-electron chi connectivity index (χ3n) is 2.37. The van der Waals surface area contributed by atoms with Crippen molar-refractivity contribution in [1.29, 1.82) is 0 Å². The summed E-state index contributed by atoms with van der Waals surface area (Å²) in [7, 11) is 0. The van der Waals surface area contributed by atoms with Crippen LogP contribution < -0.4 is 0 Å². The molecule has 0 bridgehead atoms. The average molecular weight is 226 g/mol. The smallest absolute Gasteiger partial charge is 0.152 e. The number of rotatable bonds is 3. The monoisotopic (exact) mass is 225 g/mol. The molecule has 0 atom stereocenters. The van der Waals surface area contributed by atoms with E-state index < -0.39 is 0 Å². The lowest BCUT2D eigenvalue weighted by Crippen LogP contribution is -1.98. The Balaban J connectivity index is 2.40. The summed E-state index contributed by atoms with van der Waals surface area (Å²) in [6.45, 7) is 4.92. The van der Waals surface area contributed by atoms with Crippen LogP contribution in [0.4, 0.5) is 0 Å². The fraction of sp³-hybridized carbons (Fsp3) is 0.400. The number of aryl methyl sites for hydroxylation is 1. The van der Waals surface area contributed by atoms with Crippen molar-refractivity contribution in [2.45, 2.75) is 26.3 Å². The molecule has 2 aromatic heterocycles. The van der Waals surface area contributed by atoms with Crippen LogP contribution in [0, 0.1) is 6.92 Å². The van der Waals surface area contributed by atoms with Crippen LogP contribution in [0.2, 0.25) is 0 Å². The van der Waals surface area contributed by atoms with Crippen molar-refractivity contribution in [3.05, 3.63) is 23.7 Å². The minimum absolute atomic E-state index is 0.341. The second-order valence-electron chi connectivity index (χ2n) is 3.27. The van der Waals surface area contributed by atoms with Gasteiger partial charge in [0.15, 0.2) is 5.76 Å². The molecule has 80 valence electrons. The first kappa shape index (κ1) is 10.2. The Hall–Kier alpha value is -1.29. The van der Waals surface area contributed by atoms with Crippen molar-refractivity contribution in [2.24, 2.45) is 0 Å². The first-order chi connectivity index (χ1) is 7.26. The molecule has 0 aliphatic heterocycles. The quantitative estimate of drug-likeness (QED) is 0.755. The summed E-state index contributed by atoms with van der Waals surface area (Å²) in [5.74, 6) is 1.02. The summed E-state index contributed by atoms with van der Waals surface area (Å²) < 4.78 is 6.97. The zero-order valence-corrected chi connectivity index (χ0v) is 9.45. The van der Waals surface area contributed by atoms with Gasteiger partial charge in [-0.05, 0) is 13.8 Å². The van der Waals surface area contributed by atoms with Crippen LogP contribution in [0.3, 0.4) is 0 Å². The molecule has 0 aliphatic carbocycles. The normalized spacial score (nSPS) is 10.9. The van der Waals surface area contributed by atoms with Gasteiger partial charge in [0.1, 0.15) is 5.69 Å². The van der Waals surface area contributed by atoms with Crippen molar-refractivity contribution in [1.82, 2.24) is 14.9 Å². The summed E-state index contributed by atoms with van der Waals surface area (Å²) in [4.78, 5) is 0. The molecule has 0 unspecified atom stereocenters. The molecular weight excluding hydrogens is 214 g/mol. The highest BCUT2D eigenvalue weighted by Gasteiger charge is 2.11. The van der Waals surface area contributed by atoms with E-state index in [0.717, 1.165) is 23.5 Å². The predicted molar refractivity (Wildman–Crippen MR) is 57.7 cm³/mol. The molecule has 2 heterocycles. The lowest BCUT2D eigenvalue weighted by molar-refractivity contribution is 0.396. The van der Waals surface area contributed by atoms with Gasteiger partial charge in [0.05, 0.1) is 12.1 Å². The van der Waals surface area contributed by atoms with E-state index in [-0.39, 0.29) is 0 Å². The third kappa shape index (κ3) is 1.77. The van der Waals surface area contributed by atoms with Crippen LogP contribution >= 0.6 is 11.6 Å². The molecule has 0 N–H and O–H groups in total. The molecule has 0 amide bonds. The van der Waals surface area contributed by atoms with Crippen LogP contribution in [-0.4, -0.2) is 14.9 Å². The number of halogens is 1. The predicted octanol–water partition coefficient (Wildman–Crippen LogP) is 2.61. The fourth-order valence-electron chi connectivity index (χ4n) is 1.52. The van der Waals surface area contributed by atoms with E-state index in [1.807, 2.05) is 17.7 Å². The molecule has 0 radical (unpaired) electrons. The third-order valence-corrected chi connectivity index (χ3v) is 2.63. The molecule has 2 aromatic rings. The summed E-state index contributed by atoms with van der Waals surface area (Å²) in [5.41, 5.74) is 2.88. The topological polar surface area (TPSA) is 43.9 Å². The zero-order chi connectivity index (χ0) is 10.8. The minimum Gasteiger partial charge on any atom is -0.359 e.